The van der Waals surface area contributed by atoms with Crippen molar-refractivity contribution < 1.29 is 4.79 Å². The molecule has 2 heterocycles. The summed E-state index contributed by atoms with van der Waals surface area (Å²) in [6.07, 6.45) is 0.899. The number of benzene rings is 1. The fourth-order valence-electron chi connectivity index (χ4n) is 2.75. The Morgan fingerprint density at radius 1 is 1.42 bits per heavy atom. The van der Waals surface area contributed by atoms with Crippen molar-refractivity contribution in [2.24, 2.45) is 5.73 Å². The highest BCUT2D eigenvalue weighted by Crippen LogP contribution is 2.23. The minimum absolute atomic E-state index is 0.0908. The van der Waals surface area contributed by atoms with Crippen LogP contribution in [0.3, 0.4) is 0 Å². The number of rotatable bonds is 1. The van der Waals surface area contributed by atoms with Gasteiger partial charge in [0.15, 0.2) is 0 Å². The standard InChI is InChI=1S/C15H19N3O/c1-9-10(2)17-14-4-3-11(7-13(9)14)15(19)18-6-5-12(16)8-18/h3-4,7,12,17H,5-6,8,16H2,1-2H3/t12-/m0/s1. The molecule has 4 heteroatoms. The van der Waals surface area contributed by atoms with E-state index in [9.17, 15) is 4.79 Å². The average Bonchev–Trinajstić information content (AvgIpc) is 2.94. The van der Waals surface area contributed by atoms with Crippen molar-refractivity contribution in [3.63, 3.8) is 0 Å². The third-order valence-electron chi connectivity index (χ3n) is 4.07. The predicted octanol–water partition coefficient (Wildman–Crippen LogP) is 1.96. The summed E-state index contributed by atoms with van der Waals surface area (Å²) in [5, 5.41) is 1.13. The third kappa shape index (κ3) is 2.02. The lowest BCUT2D eigenvalue weighted by atomic mass is 10.1. The zero-order valence-electron chi connectivity index (χ0n) is 11.4. The molecule has 3 N–H and O–H groups in total. The Hall–Kier alpha value is -1.81. The summed E-state index contributed by atoms with van der Waals surface area (Å²) in [4.78, 5) is 17.6. The molecule has 3 rings (SSSR count). The molecule has 1 amide bonds. The summed E-state index contributed by atoms with van der Waals surface area (Å²) in [6.45, 7) is 5.57. The molecule has 0 saturated carbocycles. The van der Waals surface area contributed by atoms with Crippen molar-refractivity contribution in [3.05, 3.63) is 35.0 Å². The SMILES string of the molecule is Cc1[nH]c2ccc(C(=O)N3CC[C@H](N)C3)cc2c1C. The summed E-state index contributed by atoms with van der Waals surface area (Å²) in [5.41, 5.74) is 10.1. The van der Waals surface area contributed by atoms with E-state index >= 15 is 0 Å². The van der Waals surface area contributed by atoms with Crippen LogP contribution in [0.1, 0.15) is 28.0 Å². The topological polar surface area (TPSA) is 62.1 Å². The van der Waals surface area contributed by atoms with Gasteiger partial charge in [-0.15, -0.1) is 0 Å². The highest BCUT2D eigenvalue weighted by molar-refractivity contribution is 5.99. The predicted molar refractivity (Wildman–Crippen MR) is 76.3 cm³/mol. The lowest BCUT2D eigenvalue weighted by Gasteiger charge is -2.15. The molecular weight excluding hydrogens is 238 g/mol. The molecule has 0 radical (unpaired) electrons. The minimum Gasteiger partial charge on any atom is -0.358 e. The van der Waals surface area contributed by atoms with E-state index in [0.717, 1.165) is 35.1 Å². The van der Waals surface area contributed by atoms with Crippen LogP contribution in [0.25, 0.3) is 10.9 Å². The summed E-state index contributed by atoms with van der Waals surface area (Å²) in [6, 6.07) is 5.99. The van der Waals surface area contributed by atoms with Gasteiger partial charge < -0.3 is 15.6 Å². The van der Waals surface area contributed by atoms with E-state index in [4.69, 9.17) is 5.73 Å². The first-order chi connectivity index (χ1) is 9.06. The molecule has 0 unspecified atom stereocenters. The van der Waals surface area contributed by atoms with Crippen molar-refractivity contribution in [1.82, 2.24) is 9.88 Å². The number of carbonyl (C=O) groups is 1. The Bertz CT molecular complexity index is 644. The molecule has 19 heavy (non-hydrogen) atoms. The highest BCUT2D eigenvalue weighted by atomic mass is 16.2. The van der Waals surface area contributed by atoms with Crippen LogP contribution in [-0.2, 0) is 0 Å². The van der Waals surface area contributed by atoms with Crippen LogP contribution >= 0.6 is 0 Å². The van der Waals surface area contributed by atoms with Crippen molar-refractivity contribution in [2.45, 2.75) is 26.3 Å². The van der Waals surface area contributed by atoms with Crippen molar-refractivity contribution in [3.8, 4) is 0 Å². The van der Waals surface area contributed by atoms with E-state index < -0.39 is 0 Å². The van der Waals surface area contributed by atoms with Crippen molar-refractivity contribution in [1.29, 1.82) is 0 Å². The molecule has 1 saturated heterocycles. The molecule has 0 aliphatic carbocycles. The van der Waals surface area contributed by atoms with Crippen molar-refractivity contribution >= 4 is 16.8 Å². The number of amides is 1. The minimum atomic E-state index is 0.0908. The number of fused-ring (bicyclic) bond motifs is 1. The fourth-order valence-corrected chi connectivity index (χ4v) is 2.75. The molecule has 4 nitrogen and oxygen atoms in total. The van der Waals surface area contributed by atoms with Crippen LogP contribution in [0.2, 0.25) is 0 Å². The quantitative estimate of drug-likeness (QED) is 0.820. The Morgan fingerprint density at radius 3 is 2.89 bits per heavy atom. The Labute approximate surface area is 112 Å². The number of aromatic amines is 1. The van der Waals surface area contributed by atoms with Gasteiger partial charge in [-0.1, -0.05) is 0 Å². The van der Waals surface area contributed by atoms with Crippen LogP contribution in [0.5, 0.6) is 0 Å². The molecule has 1 aliphatic heterocycles. The van der Waals surface area contributed by atoms with Gasteiger partial charge in [0.2, 0.25) is 0 Å². The smallest absolute Gasteiger partial charge is 0.253 e. The zero-order valence-corrected chi connectivity index (χ0v) is 11.4. The van der Waals surface area contributed by atoms with Gasteiger partial charge in [-0.2, -0.15) is 0 Å². The molecule has 2 aromatic rings. The summed E-state index contributed by atoms with van der Waals surface area (Å²) in [5.74, 6) is 0.0908. The molecule has 1 aliphatic rings. The maximum atomic E-state index is 12.4. The van der Waals surface area contributed by atoms with E-state index in [2.05, 4.69) is 18.8 Å². The summed E-state index contributed by atoms with van der Waals surface area (Å²) >= 11 is 0. The van der Waals surface area contributed by atoms with Gasteiger partial charge in [0, 0.05) is 41.3 Å². The van der Waals surface area contributed by atoms with E-state index in [-0.39, 0.29) is 11.9 Å². The third-order valence-corrected chi connectivity index (χ3v) is 4.07. The number of nitrogens with zero attached hydrogens (tertiary/aromatic N) is 1. The molecule has 1 atom stereocenters. The second-order valence-corrected chi connectivity index (χ2v) is 5.44. The molecular formula is C15H19N3O. The monoisotopic (exact) mass is 257 g/mol. The van der Waals surface area contributed by atoms with Gasteiger partial charge in [-0.3, -0.25) is 4.79 Å². The van der Waals surface area contributed by atoms with Gasteiger partial charge in [0.05, 0.1) is 0 Å². The largest absolute Gasteiger partial charge is 0.358 e. The maximum absolute atomic E-state index is 12.4. The van der Waals surface area contributed by atoms with E-state index in [0.29, 0.717) is 6.54 Å². The Kier molecular flexibility index (Phi) is 2.82. The lowest BCUT2D eigenvalue weighted by Crippen LogP contribution is -2.31. The fraction of sp³-hybridized carbons (Fsp3) is 0.400. The number of likely N-dealkylation sites (tertiary alicyclic amines) is 1. The van der Waals surface area contributed by atoms with Gasteiger partial charge in [-0.05, 0) is 44.0 Å². The second kappa shape index (κ2) is 4.38. The number of H-pyrrole nitrogens is 1. The summed E-state index contributed by atoms with van der Waals surface area (Å²) in [7, 11) is 0. The van der Waals surface area contributed by atoms with Gasteiger partial charge in [0.1, 0.15) is 0 Å². The number of aryl methyl sites for hydroxylation is 2. The molecule has 0 spiro atoms. The second-order valence-electron chi connectivity index (χ2n) is 5.44. The number of hydrogen-bond acceptors (Lipinski definition) is 2. The van der Waals surface area contributed by atoms with Crippen LogP contribution in [0.15, 0.2) is 18.2 Å². The van der Waals surface area contributed by atoms with Crippen LogP contribution in [-0.4, -0.2) is 34.9 Å². The summed E-state index contributed by atoms with van der Waals surface area (Å²) < 4.78 is 0. The number of carbonyl (C=O) groups excluding carboxylic acids is 1. The number of nitrogens with one attached hydrogen (secondary N) is 1. The maximum Gasteiger partial charge on any atom is 0.253 e. The first kappa shape index (κ1) is 12.2. The normalized spacial score (nSPS) is 19.3. The molecule has 1 aromatic heterocycles. The van der Waals surface area contributed by atoms with Gasteiger partial charge in [0.25, 0.3) is 5.91 Å². The number of aromatic nitrogens is 1. The average molecular weight is 257 g/mol. The van der Waals surface area contributed by atoms with Crippen molar-refractivity contribution in [2.75, 3.05) is 13.1 Å². The molecule has 0 bridgehead atoms. The van der Waals surface area contributed by atoms with E-state index in [1.54, 1.807) is 0 Å². The lowest BCUT2D eigenvalue weighted by molar-refractivity contribution is 0.0791. The highest BCUT2D eigenvalue weighted by Gasteiger charge is 2.24. The first-order valence-electron chi connectivity index (χ1n) is 6.70. The first-order valence-corrected chi connectivity index (χ1v) is 6.70. The molecule has 1 fully saturated rings. The number of nitrogens with two attached hydrogens (primary N) is 1. The molecule has 1 aromatic carbocycles. The van der Waals surface area contributed by atoms with Crippen LogP contribution < -0.4 is 5.73 Å². The van der Waals surface area contributed by atoms with E-state index in [1.807, 2.05) is 23.1 Å². The van der Waals surface area contributed by atoms with Crippen LogP contribution in [0.4, 0.5) is 0 Å². The van der Waals surface area contributed by atoms with Gasteiger partial charge in [-0.25, -0.2) is 0 Å². The zero-order chi connectivity index (χ0) is 13.6. The number of hydrogen-bond donors (Lipinski definition) is 2. The Balaban J connectivity index is 1.96. The van der Waals surface area contributed by atoms with Gasteiger partial charge >= 0.3 is 0 Å². The van der Waals surface area contributed by atoms with E-state index in [1.165, 1.54) is 5.56 Å². The van der Waals surface area contributed by atoms with Crippen LogP contribution in [0, 0.1) is 13.8 Å². The Morgan fingerprint density at radius 2 is 2.21 bits per heavy atom. The molecule has 100 valence electrons.